The zero-order valence-electron chi connectivity index (χ0n) is 17.1. The molecule has 0 aliphatic carbocycles. The Labute approximate surface area is 172 Å². The summed E-state index contributed by atoms with van der Waals surface area (Å²) in [6.45, 7) is 7.39. The number of carbonyl (C=O) groups excluding carboxylic acids is 2. The van der Waals surface area contributed by atoms with Gasteiger partial charge in [0.2, 0.25) is 15.9 Å². The van der Waals surface area contributed by atoms with Gasteiger partial charge in [0.25, 0.3) is 5.91 Å². The first-order chi connectivity index (χ1) is 13.5. The minimum Gasteiger partial charge on any atom is -0.347 e. The molecule has 0 spiro atoms. The van der Waals surface area contributed by atoms with E-state index in [0.717, 1.165) is 12.0 Å². The van der Waals surface area contributed by atoms with Crippen LogP contribution in [0.4, 0.5) is 5.69 Å². The van der Waals surface area contributed by atoms with Gasteiger partial charge in [0.1, 0.15) is 0 Å². The molecule has 3 N–H and O–H groups in total. The maximum atomic E-state index is 12.4. The largest absolute Gasteiger partial charge is 0.347 e. The molecule has 0 aliphatic heterocycles. The Morgan fingerprint density at radius 3 is 2.07 bits per heavy atom. The molecular weight excluding hydrogens is 390 g/mol. The number of hydrogen-bond acceptors (Lipinski definition) is 4. The Bertz CT molecular complexity index is 966. The molecule has 0 fully saturated rings. The fourth-order valence-electron chi connectivity index (χ4n) is 2.42. The van der Waals surface area contributed by atoms with Crippen LogP contribution in [-0.4, -0.2) is 25.8 Å². The summed E-state index contributed by atoms with van der Waals surface area (Å²) in [6.07, 6.45) is 0.810. The van der Waals surface area contributed by atoms with Gasteiger partial charge in [-0.15, -0.1) is 0 Å². The predicted molar refractivity (Wildman–Crippen MR) is 113 cm³/mol. The van der Waals surface area contributed by atoms with E-state index in [0.29, 0.717) is 11.3 Å². The number of anilines is 1. The van der Waals surface area contributed by atoms with Gasteiger partial charge in [-0.05, 0) is 62.2 Å². The number of sulfonamides is 1. The maximum Gasteiger partial charge on any atom is 0.251 e. The van der Waals surface area contributed by atoms with Crippen LogP contribution in [0.5, 0.6) is 0 Å². The van der Waals surface area contributed by atoms with E-state index in [1.54, 1.807) is 24.3 Å². The molecule has 0 aliphatic rings. The van der Waals surface area contributed by atoms with Crippen LogP contribution in [0.1, 0.15) is 50.0 Å². The fraction of sp³-hybridized carbons (Fsp3) is 0.333. The van der Waals surface area contributed by atoms with Crippen molar-refractivity contribution in [2.24, 2.45) is 0 Å². The molecule has 0 unspecified atom stereocenters. The van der Waals surface area contributed by atoms with Gasteiger partial charge in [-0.25, -0.2) is 13.1 Å². The minimum atomic E-state index is -3.70. The van der Waals surface area contributed by atoms with Crippen LogP contribution in [0.25, 0.3) is 0 Å². The highest BCUT2D eigenvalue weighted by molar-refractivity contribution is 7.89. The van der Waals surface area contributed by atoms with E-state index in [2.05, 4.69) is 15.4 Å². The van der Waals surface area contributed by atoms with E-state index in [9.17, 15) is 18.0 Å². The van der Waals surface area contributed by atoms with Gasteiger partial charge in [0.05, 0.1) is 4.90 Å². The minimum absolute atomic E-state index is 0.0954. The lowest BCUT2D eigenvalue weighted by Crippen LogP contribution is -2.42. The Balaban J connectivity index is 2.00. The van der Waals surface area contributed by atoms with Crippen LogP contribution in [-0.2, 0) is 21.4 Å². The summed E-state index contributed by atoms with van der Waals surface area (Å²) in [5, 5.41) is 5.55. The average Bonchev–Trinajstić information content (AvgIpc) is 2.66. The van der Waals surface area contributed by atoms with Crippen molar-refractivity contribution in [3.8, 4) is 0 Å². The lowest BCUT2D eigenvalue weighted by molar-refractivity contribution is -0.114. The molecule has 156 valence electrons. The quantitative estimate of drug-likeness (QED) is 0.614. The fourth-order valence-corrected chi connectivity index (χ4v) is 3.44. The first-order valence-electron chi connectivity index (χ1n) is 9.31. The molecule has 0 heterocycles. The van der Waals surface area contributed by atoms with Crippen molar-refractivity contribution in [1.29, 1.82) is 0 Å². The summed E-state index contributed by atoms with van der Waals surface area (Å²) in [5.74, 6) is -0.391. The van der Waals surface area contributed by atoms with E-state index in [4.69, 9.17) is 0 Å². The SMILES string of the molecule is CCC(C)(C)NC(=O)c1ccc(CNS(=O)(=O)c2ccc(NC(C)=O)cc2)cc1. The number of rotatable bonds is 8. The van der Waals surface area contributed by atoms with Crippen LogP contribution in [0.15, 0.2) is 53.4 Å². The molecule has 0 atom stereocenters. The smallest absolute Gasteiger partial charge is 0.251 e. The first kappa shape index (κ1) is 22.6. The second-order valence-corrected chi connectivity index (χ2v) is 9.19. The standard InChI is InChI=1S/C21H27N3O4S/c1-5-21(3,4)24-20(26)17-8-6-16(7-9-17)14-22-29(27,28)19-12-10-18(11-13-19)23-15(2)25/h6-13,22H,5,14H2,1-4H3,(H,23,25)(H,24,26). The van der Waals surface area contributed by atoms with Crippen molar-refractivity contribution in [3.63, 3.8) is 0 Å². The molecule has 2 rings (SSSR count). The summed E-state index contributed by atoms with van der Waals surface area (Å²) in [6, 6.07) is 12.7. The summed E-state index contributed by atoms with van der Waals surface area (Å²) >= 11 is 0. The lowest BCUT2D eigenvalue weighted by atomic mass is 10.0. The summed E-state index contributed by atoms with van der Waals surface area (Å²) < 4.78 is 27.4. The van der Waals surface area contributed by atoms with Crippen molar-refractivity contribution in [3.05, 3.63) is 59.7 Å². The van der Waals surface area contributed by atoms with Gasteiger partial charge >= 0.3 is 0 Å². The van der Waals surface area contributed by atoms with E-state index in [1.807, 2.05) is 20.8 Å². The molecule has 0 aromatic heterocycles. The van der Waals surface area contributed by atoms with Gasteiger partial charge in [-0.3, -0.25) is 9.59 Å². The average molecular weight is 418 g/mol. The van der Waals surface area contributed by atoms with E-state index < -0.39 is 10.0 Å². The first-order valence-corrected chi connectivity index (χ1v) is 10.8. The molecule has 8 heteroatoms. The van der Waals surface area contributed by atoms with E-state index in [1.165, 1.54) is 31.2 Å². The molecule has 0 saturated carbocycles. The van der Waals surface area contributed by atoms with Crippen LogP contribution in [0.2, 0.25) is 0 Å². The number of benzene rings is 2. The number of nitrogens with one attached hydrogen (secondary N) is 3. The summed E-state index contributed by atoms with van der Waals surface area (Å²) in [5.41, 5.74) is 1.49. The Kier molecular flexibility index (Phi) is 7.16. The van der Waals surface area contributed by atoms with Crippen molar-refractivity contribution >= 4 is 27.5 Å². The van der Waals surface area contributed by atoms with Crippen LogP contribution in [0, 0.1) is 0 Å². The lowest BCUT2D eigenvalue weighted by Gasteiger charge is -2.24. The van der Waals surface area contributed by atoms with Gasteiger partial charge in [0.15, 0.2) is 0 Å². The number of carbonyl (C=O) groups is 2. The van der Waals surface area contributed by atoms with Gasteiger partial charge < -0.3 is 10.6 Å². The number of amides is 2. The second-order valence-electron chi connectivity index (χ2n) is 7.42. The number of hydrogen-bond donors (Lipinski definition) is 3. The molecule has 2 aromatic carbocycles. The van der Waals surface area contributed by atoms with E-state index >= 15 is 0 Å². The highest BCUT2D eigenvalue weighted by Crippen LogP contribution is 2.15. The summed E-state index contributed by atoms with van der Waals surface area (Å²) in [4.78, 5) is 23.4. The third-order valence-electron chi connectivity index (χ3n) is 4.50. The molecule has 7 nitrogen and oxygen atoms in total. The predicted octanol–water partition coefficient (Wildman–Crippen LogP) is 3.04. The zero-order chi connectivity index (χ0) is 21.7. The van der Waals surface area contributed by atoms with Gasteiger partial charge in [0, 0.05) is 30.3 Å². The zero-order valence-corrected chi connectivity index (χ0v) is 17.9. The molecule has 2 aromatic rings. The molecule has 0 radical (unpaired) electrons. The van der Waals surface area contributed by atoms with E-state index in [-0.39, 0.29) is 28.8 Å². The highest BCUT2D eigenvalue weighted by Gasteiger charge is 2.19. The van der Waals surface area contributed by atoms with Crippen molar-refractivity contribution in [2.75, 3.05) is 5.32 Å². The normalized spacial score (nSPS) is 11.7. The molecular formula is C21H27N3O4S. The van der Waals surface area contributed by atoms with Crippen LogP contribution < -0.4 is 15.4 Å². The Morgan fingerprint density at radius 1 is 0.966 bits per heavy atom. The molecule has 0 saturated heterocycles. The Hall–Kier alpha value is -2.71. The molecule has 29 heavy (non-hydrogen) atoms. The van der Waals surface area contributed by atoms with Gasteiger partial charge in [-0.2, -0.15) is 0 Å². The van der Waals surface area contributed by atoms with Gasteiger partial charge in [-0.1, -0.05) is 19.1 Å². The Morgan fingerprint density at radius 2 is 1.55 bits per heavy atom. The van der Waals surface area contributed by atoms with Crippen molar-refractivity contribution in [1.82, 2.24) is 10.0 Å². The highest BCUT2D eigenvalue weighted by atomic mass is 32.2. The topological polar surface area (TPSA) is 104 Å². The molecule has 0 bridgehead atoms. The third-order valence-corrected chi connectivity index (χ3v) is 5.92. The van der Waals surface area contributed by atoms with Crippen LogP contribution >= 0.6 is 0 Å². The monoisotopic (exact) mass is 417 g/mol. The summed E-state index contributed by atoms with van der Waals surface area (Å²) in [7, 11) is -3.70. The third kappa shape index (κ3) is 6.69. The van der Waals surface area contributed by atoms with Crippen molar-refractivity contribution < 1.29 is 18.0 Å². The maximum absolute atomic E-state index is 12.4. The van der Waals surface area contributed by atoms with Crippen LogP contribution in [0.3, 0.4) is 0 Å². The molecule has 2 amide bonds. The second kappa shape index (κ2) is 9.19. The van der Waals surface area contributed by atoms with Crippen molar-refractivity contribution in [2.45, 2.75) is 51.1 Å².